The molecule has 1 N–H and O–H groups in total. The molecule has 1 atom stereocenters. The third-order valence-corrected chi connectivity index (χ3v) is 5.68. The minimum absolute atomic E-state index is 0.132. The number of benzene rings is 3. The van der Waals surface area contributed by atoms with Crippen LogP contribution in [0.25, 0.3) is 11.1 Å². The highest BCUT2D eigenvalue weighted by Crippen LogP contribution is 2.42. The summed E-state index contributed by atoms with van der Waals surface area (Å²) < 4.78 is 34.4. The van der Waals surface area contributed by atoms with E-state index in [2.05, 4.69) is 0 Å². The van der Waals surface area contributed by atoms with Gasteiger partial charge in [-0.25, -0.2) is 8.42 Å². The number of ether oxygens (including phenoxy) is 2. The van der Waals surface area contributed by atoms with Crippen LogP contribution in [0.1, 0.15) is 17.2 Å². The molecule has 1 unspecified atom stereocenters. The third kappa shape index (κ3) is 3.41. The van der Waals surface area contributed by atoms with Gasteiger partial charge in [-0.3, -0.25) is 0 Å². The molecular formula is C21H18O5S. The zero-order valence-electron chi connectivity index (χ0n) is 14.6. The number of rotatable bonds is 4. The topological polar surface area (TPSA) is 72.8 Å². The van der Waals surface area contributed by atoms with Crippen LogP contribution < -0.4 is 9.47 Å². The molecule has 3 aromatic carbocycles. The van der Waals surface area contributed by atoms with E-state index in [1.807, 2.05) is 36.4 Å². The summed E-state index contributed by atoms with van der Waals surface area (Å²) in [7, 11) is -3.27. The van der Waals surface area contributed by atoms with Crippen LogP contribution in [0.2, 0.25) is 0 Å². The zero-order valence-corrected chi connectivity index (χ0v) is 15.4. The van der Waals surface area contributed by atoms with Crippen molar-refractivity contribution in [3.8, 4) is 22.6 Å². The van der Waals surface area contributed by atoms with Crippen LogP contribution >= 0.6 is 0 Å². The number of fused-ring (bicyclic) bond motifs is 1. The summed E-state index contributed by atoms with van der Waals surface area (Å²) in [6, 6.07) is 19.5. The first kappa shape index (κ1) is 17.6. The molecule has 1 heterocycles. The van der Waals surface area contributed by atoms with Crippen molar-refractivity contribution in [1.82, 2.24) is 0 Å². The van der Waals surface area contributed by atoms with Gasteiger partial charge >= 0.3 is 0 Å². The van der Waals surface area contributed by atoms with E-state index in [4.69, 9.17) is 9.47 Å². The van der Waals surface area contributed by atoms with Crippen LogP contribution in [0.3, 0.4) is 0 Å². The quantitative estimate of drug-likeness (QED) is 0.747. The first-order valence-electron chi connectivity index (χ1n) is 8.40. The van der Waals surface area contributed by atoms with Crippen LogP contribution in [-0.4, -0.2) is 26.6 Å². The minimum Gasteiger partial charge on any atom is -0.454 e. The Hall–Kier alpha value is -2.83. The fourth-order valence-electron chi connectivity index (χ4n) is 3.13. The number of sulfone groups is 1. The van der Waals surface area contributed by atoms with Gasteiger partial charge in [-0.1, -0.05) is 42.5 Å². The van der Waals surface area contributed by atoms with Gasteiger partial charge in [0.2, 0.25) is 6.79 Å². The second-order valence-corrected chi connectivity index (χ2v) is 8.42. The highest BCUT2D eigenvalue weighted by molar-refractivity contribution is 7.90. The highest BCUT2D eigenvalue weighted by atomic mass is 32.2. The van der Waals surface area contributed by atoms with Gasteiger partial charge in [0.15, 0.2) is 21.3 Å². The maximum absolute atomic E-state index is 11.7. The van der Waals surface area contributed by atoms with E-state index in [1.165, 1.54) is 6.26 Å². The largest absolute Gasteiger partial charge is 0.454 e. The molecule has 0 radical (unpaired) electrons. The summed E-state index contributed by atoms with van der Waals surface area (Å²) in [6.07, 6.45) is 0.318. The Kier molecular flexibility index (Phi) is 4.37. The molecule has 0 aromatic heterocycles. The molecule has 0 amide bonds. The Morgan fingerprint density at radius 2 is 1.56 bits per heavy atom. The Morgan fingerprint density at radius 1 is 0.926 bits per heavy atom. The van der Waals surface area contributed by atoms with Gasteiger partial charge in [0.1, 0.15) is 6.10 Å². The maximum atomic E-state index is 11.7. The van der Waals surface area contributed by atoms with Gasteiger partial charge in [0.05, 0.1) is 4.90 Å². The van der Waals surface area contributed by atoms with Crippen molar-refractivity contribution in [1.29, 1.82) is 0 Å². The molecule has 0 fully saturated rings. The molecule has 0 saturated carbocycles. The summed E-state index contributed by atoms with van der Waals surface area (Å²) in [5.74, 6) is 1.18. The van der Waals surface area contributed by atoms with E-state index in [9.17, 15) is 13.5 Å². The van der Waals surface area contributed by atoms with Crippen LogP contribution in [0, 0.1) is 0 Å². The molecule has 6 heteroatoms. The van der Waals surface area contributed by atoms with E-state index in [1.54, 1.807) is 30.3 Å². The lowest BCUT2D eigenvalue weighted by molar-refractivity contribution is 0.173. The molecule has 1 aliphatic rings. The second-order valence-electron chi connectivity index (χ2n) is 6.40. The second kappa shape index (κ2) is 6.72. The first-order valence-corrected chi connectivity index (χ1v) is 10.3. The van der Waals surface area contributed by atoms with Gasteiger partial charge in [0, 0.05) is 6.26 Å². The van der Waals surface area contributed by atoms with Gasteiger partial charge in [0.25, 0.3) is 0 Å². The van der Waals surface area contributed by atoms with E-state index in [-0.39, 0.29) is 11.7 Å². The molecule has 0 aliphatic carbocycles. The average Bonchev–Trinajstić information content (AvgIpc) is 3.14. The Balaban J connectivity index is 1.84. The van der Waals surface area contributed by atoms with E-state index in [0.717, 1.165) is 16.7 Å². The number of aliphatic hydroxyl groups excluding tert-OH is 1. The van der Waals surface area contributed by atoms with Crippen molar-refractivity contribution < 1.29 is 23.0 Å². The lowest BCUT2D eigenvalue weighted by Gasteiger charge is -2.17. The summed E-state index contributed by atoms with van der Waals surface area (Å²) >= 11 is 0. The molecule has 27 heavy (non-hydrogen) atoms. The Labute approximate surface area is 157 Å². The normalized spacial score (nSPS) is 14.1. The van der Waals surface area contributed by atoms with Gasteiger partial charge in [-0.15, -0.1) is 0 Å². The Bertz CT molecular complexity index is 1070. The van der Waals surface area contributed by atoms with E-state index >= 15 is 0 Å². The Morgan fingerprint density at radius 3 is 2.19 bits per heavy atom. The lowest BCUT2D eigenvalue weighted by atomic mass is 9.92. The SMILES string of the molecule is CS(=O)(=O)c1ccc(-c2cc3c(cc2C(O)c2ccccc2)OCO3)cc1. The molecule has 1 aliphatic heterocycles. The van der Waals surface area contributed by atoms with Gasteiger partial charge in [-0.05, 0) is 46.5 Å². The summed E-state index contributed by atoms with van der Waals surface area (Å²) in [4.78, 5) is 0.247. The molecule has 5 nitrogen and oxygen atoms in total. The number of aliphatic hydroxyl groups is 1. The van der Waals surface area contributed by atoms with Crippen LogP contribution in [0.4, 0.5) is 0 Å². The minimum atomic E-state index is -3.27. The summed E-state index contributed by atoms with van der Waals surface area (Å²) in [5, 5.41) is 11.0. The van der Waals surface area contributed by atoms with Crippen molar-refractivity contribution >= 4 is 9.84 Å². The van der Waals surface area contributed by atoms with E-state index < -0.39 is 15.9 Å². The van der Waals surface area contributed by atoms with Crippen molar-refractivity contribution in [3.63, 3.8) is 0 Å². The molecule has 4 rings (SSSR count). The van der Waals surface area contributed by atoms with Crippen molar-refractivity contribution in [2.24, 2.45) is 0 Å². The van der Waals surface area contributed by atoms with Crippen LogP contribution in [-0.2, 0) is 9.84 Å². The van der Waals surface area contributed by atoms with Crippen molar-refractivity contribution in [2.75, 3.05) is 13.0 Å². The maximum Gasteiger partial charge on any atom is 0.231 e. The molecule has 0 bridgehead atoms. The standard InChI is InChI=1S/C21H18O5S/c1-27(23,24)16-9-7-14(8-10-16)17-11-19-20(26-13-25-19)12-18(17)21(22)15-5-3-2-4-6-15/h2-12,21-22H,13H2,1H3. The summed E-state index contributed by atoms with van der Waals surface area (Å²) in [6.45, 7) is 0.132. The van der Waals surface area contributed by atoms with E-state index in [0.29, 0.717) is 17.1 Å². The van der Waals surface area contributed by atoms with Gasteiger partial charge < -0.3 is 14.6 Å². The molecule has 0 spiro atoms. The predicted octanol–water partition coefficient (Wildman–Crippen LogP) is 3.57. The smallest absolute Gasteiger partial charge is 0.231 e. The third-order valence-electron chi connectivity index (χ3n) is 4.55. The monoisotopic (exact) mass is 382 g/mol. The van der Waals surface area contributed by atoms with Crippen LogP contribution in [0.5, 0.6) is 11.5 Å². The lowest BCUT2D eigenvalue weighted by Crippen LogP contribution is -2.02. The van der Waals surface area contributed by atoms with Crippen molar-refractivity contribution in [2.45, 2.75) is 11.0 Å². The molecular weight excluding hydrogens is 364 g/mol. The molecule has 3 aromatic rings. The fraction of sp³-hybridized carbons (Fsp3) is 0.143. The predicted molar refractivity (Wildman–Crippen MR) is 102 cm³/mol. The zero-order chi connectivity index (χ0) is 19.0. The van der Waals surface area contributed by atoms with Crippen molar-refractivity contribution in [3.05, 3.63) is 77.9 Å². The number of hydrogen-bond donors (Lipinski definition) is 1. The first-order chi connectivity index (χ1) is 12.9. The fourth-order valence-corrected chi connectivity index (χ4v) is 3.76. The number of hydrogen-bond acceptors (Lipinski definition) is 5. The highest BCUT2D eigenvalue weighted by Gasteiger charge is 2.23. The van der Waals surface area contributed by atoms with Crippen LogP contribution in [0.15, 0.2) is 71.6 Å². The molecule has 0 saturated heterocycles. The average molecular weight is 382 g/mol. The van der Waals surface area contributed by atoms with Gasteiger partial charge in [-0.2, -0.15) is 0 Å². The molecule has 138 valence electrons. The summed E-state index contributed by atoms with van der Waals surface area (Å²) in [5.41, 5.74) is 2.96.